The predicted molar refractivity (Wildman–Crippen MR) is 91.6 cm³/mol. The van der Waals surface area contributed by atoms with Gasteiger partial charge in [0.15, 0.2) is 0 Å². The molecule has 126 valence electrons. The molecule has 1 amide bonds. The second kappa shape index (κ2) is 6.13. The molecule has 5 heteroatoms. The fourth-order valence-corrected chi connectivity index (χ4v) is 3.63. The van der Waals surface area contributed by atoms with Gasteiger partial charge in [0.25, 0.3) is 5.91 Å². The van der Waals surface area contributed by atoms with E-state index in [-0.39, 0.29) is 11.7 Å². The third-order valence-corrected chi connectivity index (χ3v) is 5.08. The Morgan fingerprint density at radius 1 is 1.33 bits per heavy atom. The number of likely N-dealkylation sites (tertiary alicyclic amines) is 1. The number of fused-ring (bicyclic) bond motifs is 1. The number of carbonyl (C=O) groups is 1. The van der Waals surface area contributed by atoms with Gasteiger partial charge < -0.3 is 10.2 Å². The Morgan fingerprint density at radius 3 is 2.92 bits per heavy atom. The van der Waals surface area contributed by atoms with Crippen LogP contribution in [0, 0.1) is 11.7 Å². The second-order valence-corrected chi connectivity index (χ2v) is 6.99. The number of rotatable bonds is 4. The van der Waals surface area contributed by atoms with Crippen molar-refractivity contribution in [2.45, 2.75) is 25.2 Å². The minimum Gasteiger partial charge on any atom is -0.338 e. The molecule has 0 bridgehead atoms. The summed E-state index contributed by atoms with van der Waals surface area (Å²) in [5.74, 6) is 0.633. The lowest BCUT2D eigenvalue weighted by atomic mass is 10.0. The van der Waals surface area contributed by atoms with Crippen molar-refractivity contribution in [3.05, 3.63) is 41.3 Å². The molecule has 1 unspecified atom stereocenters. The van der Waals surface area contributed by atoms with Crippen LogP contribution >= 0.6 is 0 Å². The quantitative estimate of drug-likeness (QED) is 0.939. The van der Waals surface area contributed by atoms with Crippen molar-refractivity contribution in [2.24, 2.45) is 5.92 Å². The molecule has 1 saturated heterocycles. The van der Waals surface area contributed by atoms with Crippen LogP contribution in [-0.4, -0.2) is 42.5 Å². The van der Waals surface area contributed by atoms with Crippen molar-refractivity contribution < 1.29 is 9.18 Å². The maximum atomic E-state index is 13.7. The number of amides is 1. The van der Waals surface area contributed by atoms with Crippen LogP contribution in [0.3, 0.4) is 0 Å². The molecule has 1 atom stereocenters. The van der Waals surface area contributed by atoms with E-state index in [0.717, 1.165) is 50.1 Å². The SMILES string of the molecule is CNCC1CCN(C(=O)c2cc(C3CC3)nc3ccc(F)cc23)C1. The summed E-state index contributed by atoms with van der Waals surface area (Å²) in [6.07, 6.45) is 3.27. The number of halogens is 1. The van der Waals surface area contributed by atoms with Crippen LogP contribution in [0.1, 0.15) is 41.2 Å². The average Bonchev–Trinajstić information content (AvgIpc) is 3.33. The summed E-state index contributed by atoms with van der Waals surface area (Å²) in [6, 6.07) is 6.43. The number of hydrogen-bond acceptors (Lipinski definition) is 3. The first-order valence-corrected chi connectivity index (χ1v) is 8.70. The third-order valence-electron chi connectivity index (χ3n) is 5.08. The van der Waals surface area contributed by atoms with E-state index in [4.69, 9.17) is 0 Å². The second-order valence-electron chi connectivity index (χ2n) is 6.99. The standard InChI is InChI=1S/C19H22FN3O/c1-21-10-12-6-7-23(11-12)19(24)16-9-18(13-2-3-13)22-17-5-4-14(20)8-15(16)17/h4-5,8-9,12-13,21H,2-3,6-7,10-11H2,1H3. The predicted octanol–water partition coefficient (Wildman–Crippen LogP) is 2.93. The largest absolute Gasteiger partial charge is 0.338 e. The molecular weight excluding hydrogens is 305 g/mol. The molecule has 24 heavy (non-hydrogen) atoms. The molecule has 1 aromatic carbocycles. The summed E-state index contributed by atoms with van der Waals surface area (Å²) >= 11 is 0. The van der Waals surface area contributed by atoms with Gasteiger partial charge in [-0.1, -0.05) is 0 Å². The molecule has 1 aromatic heterocycles. The number of nitrogens with zero attached hydrogens (tertiary/aromatic N) is 2. The van der Waals surface area contributed by atoms with Gasteiger partial charge in [-0.3, -0.25) is 9.78 Å². The highest BCUT2D eigenvalue weighted by Gasteiger charge is 2.30. The lowest BCUT2D eigenvalue weighted by Crippen LogP contribution is -2.30. The van der Waals surface area contributed by atoms with E-state index >= 15 is 0 Å². The summed E-state index contributed by atoms with van der Waals surface area (Å²) in [4.78, 5) is 19.6. The number of aromatic nitrogens is 1. The lowest BCUT2D eigenvalue weighted by Gasteiger charge is -2.18. The molecule has 4 nitrogen and oxygen atoms in total. The molecule has 2 heterocycles. The Hall–Kier alpha value is -2.01. The minimum atomic E-state index is -0.327. The monoisotopic (exact) mass is 327 g/mol. The van der Waals surface area contributed by atoms with Crippen LogP contribution in [0.5, 0.6) is 0 Å². The first-order chi connectivity index (χ1) is 11.7. The number of nitrogens with one attached hydrogen (secondary N) is 1. The molecule has 0 radical (unpaired) electrons. The van der Waals surface area contributed by atoms with E-state index < -0.39 is 0 Å². The summed E-state index contributed by atoms with van der Waals surface area (Å²) < 4.78 is 13.7. The van der Waals surface area contributed by atoms with E-state index in [1.807, 2.05) is 18.0 Å². The van der Waals surface area contributed by atoms with Crippen molar-refractivity contribution in [1.29, 1.82) is 0 Å². The molecule has 1 N–H and O–H groups in total. The summed E-state index contributed by atoms with van der Waals surface area (Å²) in [7, 11) is 1.94. The topological polar surface area (TPSA) is 45.2 Å². The van der Waals surface area contributed by atoms with Gasteiger partial charge >= 0.3 is 0 Å². The van der Waals surface area contributed by atoms with Crippen LogP contribution < -0.4 is 5.32 Å². The zero-order valence-corrected chi connectivity index (χ0v) is 13.9. The fraction of sp³-hybridized carbons (Fsp3) is 0.474. The maximum Gasteiger partial charge on any atom is 0.254 e. The minimum absolute atomic E-state index is 0.00787. The van der Waals surface area contributed by atoms with Crippen LogP contribution in [0.25, 0.3) is 10.9 Å². The van der Waals surface area contributed by atoms with Crippen molar-refractivity contribution in [3.63, 3.8) is 0 Å². The van der Waals surface area contributed by atoms with Gasteiger partial charge in [-0.25, -0.2) is 4.39 Å². The highest BCUT2D eigenvalue weighted by Crippen LogP contribution is 2.40. The van der Waals surface area contributed by atoms with E-state index in [0.29, 0.717) is 22.8 Å². The smallest absolute Gasteiger partial charge is 0.254 e. The Kier molecular flexibility index (Phi) is 3.96. The Bertz CT molecular complexity index is 788. The molecular formula is C19H22FN3O. The summed E-state index contributed by atoms with van der Waals surface area (Å²) in [6.45, 7) is 2.45. The van der Waals surface area contributed by atoms with Crippen LogP contribution in [-0.2, 0) is 0 Å². The van der Waals surface area contributed by atoms with Crippen molar-refractivity contribution >= 4 is 16.8 Å². The Morgan fingerprint density at radius 2 is 2.17 bits per heavy atom. The molecule has 4 rings (SSSR count). The summed E-state index contributed by atoms with van der Waals surface area (Å²) in [5.41, 5.74) is 2.30. The highest BCUT2D eigenvalue weighted by molar-refractivity contribution is 6.06. The van der Waals surface area contributed by atoms with Gasteiger partial charge in [0.05, 0.1) is 11.1 Å². The third kappa shape index (κ3) is 2.88. The zero-order valence-electron chi connectivity index (χ0n) is 13.9. The van der Waals surface area contributed by atoms with E-state index in [9.17, 15) is 9.18 Å². The molecule has 2 fully saturated rings. The molecule has 1 aliphatic carbocycles. The van der Waals surface area contributed by atoms with Crippen LogP contribution in [0.4, 0.5) is 4.39 Å². The van der Waals surface area contributed by atoms with Gasteiger partial charge in [0.2, 0.25) is 0 Å². The molecule has 1 aliphatic heterocycles. The fourth-order valence-electron chi connectivity index (χ4n) is 3.63. The number of hydrogen-bond donors (Lipinski definition) is 1. The molecule has 2 aromatic rings. The molecule has 0 spiro atoms. The number of carbonyl (C=O) groups excluding carboxylic acids is 1. The van der Waals surface area contributed by atoms with E-state index in [2.05, 4.69) is 10.3 Å². The van der Waals surface area contributed by atoms with Gasteiger partial charge in [0.1, 0.15) is 5.82 Å². The summed E-state index contributed by atoms with van der Waals surface area (Å²) in [5, 5.41) is 3.81. The van der Waals surface area contributed by atoms with E-state index in [1.165, 1.54) is 12.1 Å². The maximum absolute atomic E-state index is 13.7. The van der Waals surface area contributed by atoms with E-state index in [1.54, 1.807) is 6.07 Å². The Balaban J connectivity index is 1.71. The van der Waals surface area contributed by atoms with Gasteiger partial charge in [-0.15, -0.1) is 0 Å². The van der Waals surface area contributed by atoms with Crippen molar-refractivity contribution in [2.75, 3.05) is 26.7 Å². The van der Waals surface area contributed by atoms with Crippen molar-refractivity contribution in [3.8, 4) is 0 Å². The van der Waals surface area contributed by atoms with Gasteiger partial charge in [0, 0.05) is 30.1 Å². The first kappa shape index (κ1) is 15.5. The van der Waals surface area contributed by atoms with Crippen molar-refractivity contribution in [1.82, 2.24) is 15.2 Å². The van der Waals surface area contributed by atoms with Gasteiger partial charge in [-0.05, 0) is 63.0 Å². The average molecular weight is 327 g/mol. The lowest BCUT2D eigenvalue weighted by molar-refractivity contribution is 0.0789. The molecule has 2 aliphatic rings. The zero-order chi connectivity index (χ0) is 16.7. The molecule has 1 saturated carbocycles. The van der Waals surface area contributed by atoms with Gasteiger partial charge in [-0.2, -0.15) is 0 Å². The highest BCUT2D eigenvalue weighted by atomic mass is 19.1. The number of pyridine rings is 1. The van der Waals surface area contributed by atoms with Crippen LogP contribution in [0.15, 0.2) is 24.3 Å². The normalized spacial score (nSPS) is 20.8. The Labute approximate surface area is 141 Å². The van der Waals surface area contributed by atoms with Crippen LogP contribution in [0.2, 0.25) is 0 Å². The number of benzene rings is 1. The first-order valence-electron chi connectivity index (χ1n) is 8.70.